The summed E-state index contributed by atoms with van der Waals surface area (Å²) in [5.41, 5.74) is 5.21. The van der Waals surface area contributed by atoms with Crippen molar-refractivity contribution in [3.05, 3.63) is 0 Å². The number of rotatable bonds is 9. The Kier molecular flexibility index (Phi) is 9.14. The van der Waals surface area contributed by atoms with Crippen molar-refractivity contribution in [3.8, 4) is 0 Å². The number of carbonyl (C=O) groups is 1. The zero-order valence-corrected chi connectivity index (χ0v) is 16.5. The van der Waals surface area contributed by atoms with E-state index in [1.807, 2.05) is 20.8 Å². The number of nitrogens with one attached hydrogen (secondary N) is 2. The van der Waals surface area contributed by atoms with E-state index < -0.39 is 5.60 Å². The summed E-state index contributed by atoms with van der Waals surface area (Å²) in [6.07, 6.45) is 0.603. The summed E-state index contributed by atoms with van der Waals surface area (Å²) >= 11 is 0. The van der Waals surface area contributed by atoms with Crippen LogP contribution < -0.4 is 16.4 Å². The average molecular weight is 330 g/mol. The Morgan fingerprint density at radius 1 is 1.13 bits per heavy atom. The molecule has 0 bridgehead atoms. The van der Waals surface area contributed by atoms with Crippen LogP contribution in [0.1, 0.15) is 61.8 Å². The highest BCUT2D eigenvalue weighted by molar-refractivity contribution is 5.67. The number of amides is 1. The van der Waals surface area contributed by atoms with Gasteiger partial charge in [-0.15, -0.1) is 0 Å². The van der Waals surface area contributed by atoms with Crippen LogP contribution in [-0.2, 0) is 4.74 Å². The first-order valence-corrected chi connectivity index (χ1v) is 8.80. The van der Waals surface area contributed by atoms with Crippen LogP contribution in [0.4, 0.5) is 4.79 Å². The SMILES string of the molecule is CC(C)CC(C)(CNC(=O)OC(C)(C)C)NCC(CN)C(C)C. The molecule has 0 fully saturated rings. The fourth-order valence-corrected chi connectivity index (χ4v) is 2.66. The second-order valence-electron chi connectivity index (χ2n) is 8.63. The number of hydrogen-bond acceptors (Lipinski definition) is 4. The van der Waals surface area contributed by atoms with Crippen molar-refractivity contribution < 1.29 is 9.53 Å². The molecule has 0 rings (SSSR count). The van der Waals surface area contributed by atoms with Crippen molar-refractivity contribution in [2.24, 2.45) is 23.5 Å². The molecule has 0 saturated carbocycles. The average Bonchev–Trinajstić information content (AvgIpc) is 2.34. The van der Waals surface area contributed by atoms with Crippen LogP contribution in [0.5, 0.6) is 0 Å². The maximum Gasteiger partial charge on any atom is 0.407 e. The molecule has 0 aliphatic rings. The Balaban J connectivity index is 4.68. The Hall–Kier alpha value is -0.810. The second-order valence-corrected chi connectivity index (χ2v) is 8.63. The predicted molar refractivity (Wildman–Crippen MR) is 97.5 cm³/mol. The second kappa shape index (κ2) is 9.48. The van der Waals surface area contributed by atoms with E-state index in [-0.39, 0.29) is 11.6 Å². The lowest BCUT2D eigenvalue weighted by Crippen LogP contribution is -2.54. The van der Waals surface area contributed by atoms with Gasteiger partial charge in [-0.05, 0) is 65.0 Å². The first kappa shape index (κ1) is 22.2. The van der Waals surface area contributed by atoms with E-state index in [1.54, 1.807) is 0 Å². The Morgan fingerprint density at radius 3 is 2.09 bits per heavy atom. The molecule has 5 nitrogen and oxygen atoms in total. The molecule has 4 N–H and O–H groups in total. The molecule has 0 radical (unpaired) electrons. The lowest BCUT2D eigenvalue weighted by atomic mass is 9.88. The Labute approximate surface area is 143 Å². The third kappa shape index (κ3) is 10.6. The largest absolute Gasteiger partial charge is 0.444 e. The molecule has 0 heterocycles. The van der Waals surface area contributed by atoms with Crippen LogP contribution in [0.15, 0.2) is 0 Å². The van der Waals surface area contributed by atoms with Crippen molar-refractivity contribution in [3.63, 3.8) is 0 Å². The van der Waals surface area contributed by atoms with Crippen molar-refractivity contribution in [1.82, 2.24) is 10.6 Å². The lowest BCUT2D eigenvalue weighted by molar-refractivity contribution is 0.0506. The van der Waals surface area contributed by atoms with Crippen LogP contribution in [0.3, 0.4) is 0 Å². The van der Waals surface area contributed by atoms with Gasteiger partial charge in [0.25, 0.3) is 0 Å². The minimum atomic E-state index is -0.478. The molecule has 138 valence electrons. The van der Waals surface area contributed by atoms with Gasteiger partial charge in [-0.2, -0.15) is 0 Å². The van der Waals surface area contributed by atoms with E-state index in [0.29, 0.717) is 30.8 Å². The highest BCUT2D eigenvalue weighted by atomic mass is 16.6. The van der Waals surface area contributed by atoms with E-state index >= 15 is 0 Å². The minimum Gasteiger partial charge on any atom is -0.444 e. The first-order valence-electron chi connectivity index (χ1n) is 8.80. The third-order valence-electron chi connectivity index (χ3n) is 3.92. The van der Waals surface area contributed by atoms with Crippen LogP contribution in [0.25, 0.3) is 0 Å². The van der Waals surface area contributed by atoms with Gasteiger partial charge in [0, 0.05) is 12.1 Å². The molecule has 5 heteroatoms. The van der Waals surface area contributed by atoms with E-state index in [1.165, 1.54) is 0 Å². The van der Waals surface area contributed by atoms with Crippen LogP contribution in [-0.4, -0.2) is 36.9 Å². The first-order chi connectivity index (χ1) is 10.4. The summed E-state index contributed by atoms with van der Waals surface area (Å²) in [4.78, 5) is 11.9. The topological polar surface area (TPSA) is 76.4 Å². The van der Waals surface area contributed by atoms with Crippen molar-refractivity contribution in [2.45, 2.75) is 73.0 Å². The highest BCUT2D eigenvalue weighted by Gasteiger charge is 2.28. The maximum absolute atomic E-state index is 11.9. The molecule has 0 saturated heterocycles. The van der Waals surface area contributed by atoms with Crippen molar-refractivity contribution >= 4 is 6.09 Å². The van der Waals surface area contributed by atoms with Crippen molar-refractivity contribution in [2.75, 3.05) is 19.6 Å². The summed E-state index contributed by atoms with van der Waals surface area (Å²) in [6.45, 7) is 18.6. The molecule has 2 atom stereocenters. The smallest absolute Gasteiger partial charge is 0.407 e. The molecule has 2 unspecified atom stereocenters. The van der Waals surface area contributed by atoms with Gasteiger partial charge in [0.05, 0.1) is 0 Å². The van der Waals surface area contributed by atoms with Gasteiger partial charge < -0.3 is 21.1 Å². The zero-order valence-electron chi connectivity index (χ0n) is 16.5. The quantitative estimate of drug-likeness (QED) is 0.607. The summed E-state index contributed by atoms with van der Waals surface area (Å²) in [5, 5.41) is 6.53. The standard InChI is InChI=1S/C18H39N3O2/c1-13(2)9-18(8,21-11-15(10-19)14(3)4)12-20-16(22)23-17(5,6)7/h13-15,21H,9-12,19H2,1-8H3,(H,20,22). The van der Waals surface area contributed by atoms with Gasteiger partial charge in [0.15, 0.2) is 0 Å². The minimum absolute atomic E-state index is 0.173. The van der Waals surface area contributed by atoms with Gasteiger partial charge in [-0.3, -0.25) is 0 Å². The molecule has 0 aromatic carbocycles. The summed E-state index contributed by atoms with van der Waals surface area (Å²) in [6, 6.07) is 0. The van der Waals surface area contributed by atoms with Crippen LogP contribution >= 0.6 is 0 Å². The number of nitrogens with two attached hydrogens (primary N) is 1. The van der Waals surface area contributed by atoms with E-state index in [0.717, 1.165) is 13.0 Å². The number of alkyl carbamates (subject to hydrolysis) is 1. The molecule has 0 spiro atoms. The summed E-state index contributed by atoms with van der Waals surface area (Å²) in [5.74, 6) is 1.50. The van der Waals surface area contributed by atoms with Crippen molar-refractivity contribution in [1.29, 1.82) is 0 Å². The Bertz CT molecular complexity index is 351. The molecular formula is C18H39N3O2. The molecule has 0 aliphatic heterocycles. The number of carbonyl (C=O) groups excluding carboxylic acids is 1. The van der Waals surface area contributed by atoms with Gasteiger partial charge in [-0.1, -0.05) is 27.7 Å². The molecule has 0 aliphatic carbocycles. The molecule has 23 heavy (non-hydrogen) atoms. The predicted octanol–water partition coefficient (Wildman–Crippen LogP) is 3.14. The summed E-state index contributed by atoms with van der Waals surface area (Å²) < 4.78 is 5.33. The van der Waals surface area contributed by atoms with Gasteiger partial charge >= 0.3 is 6.09 Å². The molecular weight excluding hydrogens is 290 g/mol. The van der Waals surface area contributed by atoms with E-state index in [2.05, 4.69) is 45.3 Å². The van der Waals surface area contributed by atoms with E-state index in [9.17, 15) is 4.79 Å². The zero-order chi connectivity index (χ0) is 18.3. The molecule has 1 amide bonds. The van der Waals surface area contributed by atoms with Crippen LogP contribution in [0.2, 0.25) is 0 Å². The normalized spacial score (nSPS) is 16.3. The lowest BCUT2D eigenvalue weighted by Gasteiger charge is -2.35. The number of ether oxygens (including phenoxy) is 1. The van der Waals surface area contributed by atoms with Gasteiger partial charge in [-0.25, -0.2) is 4.79 Å². The number of hydrogen-bond donors (Lipinski definition) is 3. The van der Waals surface area contributed by atoms with Gasteiger partial charge in [0.1, 0.15) is 5.60 Å². The monoisotopic (exact) mass is 329 g/mol. The summed E-state index contributed by atoms with van der Waals surface area (Å²) in [7, 11) is 0. The molecule has 0 aromatic rings. The van der Waals surface area contributed by atoms with Crippen LogP contribution in [0, 0.1) is 17.8 Å². The van der Waals surface area contributed by atoms with E-state index in [4.69, 9.17) is 10.5 Å². The fourth-order valence-electron chi connectivity index (χ4n) is 2.66. The fraction of sp³-hybridized carbons (Fsp3) is 0.944. The maximum atomic E-state index is 11.9. The highest BCUT2D eigenvalue weighted by Crippen LogP contribution is 2.18. The third-order valence-corrected chi connectivity index (χ3v) is 3.92. The molecule has 0 aromatic heterocycles. The van der Waals surface area contributed by atoms with Gasteiger partial charge in [0.2, 0.25) is 0 Å². The Morgan fingerprint density at radius 2 is 1.70 bits per heavy atom.